The Morgan fingerprint density at radius 1 is 1.00 bits per heavy atom. The Kier molecular flexibility index (Phi) is 10.8. The molecule has 0 bridgehead atoms. The summed E-state index contributed by atoms with van der Waals surface area (Å²) in [5.74, 6) is -5.88. The van der Waals surface area contributed by atoms with Crippen molar-refractivity contribution in [2.24, 2.45) is 11.8 Å². The van der Waals surface area contributed by atoms with Gasteiger partial charge in [-0.1, -0.05) is 12.1 Å². The summed E-state index contributed by atoms with van der Waals surface area (Å²) in [5.41, 5.74) is -0.930. The Bertz CT molecular complexity index is 1360. The highest BCUT2D eigenvalue weighted by Crippen LogP contribution is 2.50. The van der Waals surface area contributed by atoms with E-state index in [0.717, 1.165) is 12.3 Å². The first-order valence-corrected chi connectivity index (χ1v) is 15.3. The number of hydrogen-bond acceptors (Lipinski definition) is 17. The number of carbonyl (C=O) groups excluding carboxylic acids is 2. The van der Waals surface area contributed by atoms with Gasteiger partial charge in [-0.3, -0.25) is 0 Å². The Balaban J connectivity index is 1.24. The second-order valence-electron chi connectivity index (χ2n) is 12.5. The number of carbonyl (C=O) groups is 2. The summed E-state index contributed by atoms with van der Waals surface area (Å²) in [7, 11) is 0. The Hall–Kier alpha value is -3.20. The van der Waals surface area contributed by atoms with E-state index in [2.05, 4.69) is 0 Å². The smallest absolute Gasteiger partial charge is 0.337 e. The van der Waals surface area contributed by atoms with Gasteiger partial charge in [0.1, 0.15) is 49.0 Å². The molecule has 0 spiro atoms. The maximum Gasteiger partial charge on any atom is 0.337 e. The number of aliphatic hydroxyl groups excluding tert-OH is 6. The van der Waals surface area contributed by atoms with Crippen molar-refractivity contribution in [1.82, 2.24) is 0 Å². The van der Waals surface area contributed by atoms with Crippen molar-refractivity contribution < 1.29 is 84.0 Å². The van der Waals surface area contributed by atoms with Crippen molar-refractivity contribution in [3.63, 3.8) is 0 Å². The number of benzene rings is 1. The molecule has 1 aromatic carbocycles. The van der Waals surface area contributed by atoms with Crippen molar-refractivity contribution in [3.8, 4) is 5.75 Å². The number of ether oxygens (including phenoxy) is 6. The van der Waals surface area contributed by atoms with Crippen molar-refractivity contribution in [2.75, 3.05) is 19.8 Å². The third kappa shape index (κ3) is 7.36. The second-order valence-corrected chi connectivity index (χ2v) is 12.5. The molecule has 48 heavy (non-hydrogen) atoms. The zero-order valence-electron chi connectivity index (χ0n) is 25.7. The van der Waals surface area contributed by atoms with Crippen LogP contribution in [0.4, 0.5) is 0 Å². The zero-order chi connectivity index (χ0) is 35.0. The van der Waals surface area contributed by atoms with E-state index in [1.165, 1.54) is 25.1 Å². The van der Waals surface area contributed by atoms with Crippen LogP contribution in [0.3, 0.4) is 0 Å². The van der Waals surface area contributed by atoms with Crippen LogP contribution in [0, 0.1) is 11.8 Å². The quantitative estimate of drug-likeness (QED) is 0.0934. The molecule has 17 heteroatoms. The predicted octanol–water partition coefficient (Wildman–Crippen LogP) is -2.87. The van der Waals surface area contributed by atoms with Crippen LogP contribution in [-0.4, -0.2) is 144 Å². The average molecular weight is 685 g/mol. The molecule has 13 atom stereocenters. The van der Waals surface area contributed by atoms with E-state index < -0.39 is 110 Å². The molecule has 5 rings (SSSR count). The van der Waals surface area contributed by atoms with Crippen LogP contribution in [0.15, 0.2) is 42.2 Å². The fraction of sp³-hybridized carbons (Fsp3) is 0.613. The molecule has 3 heterocycles. The summed E-state index contributed by atoms with van der Waals surface area (Å²) >= 11 is 0. The van der Waals surface area contributed by atoms with E-state index >= 15 is 0 Å². The number of rotatable bonds is 9. The van der Waals surface area contributed by atoms with Gasteiger partial charge in [-0.05, 0) is 43.5 Å². The normalized spacial score (nSPS) is 41.3. The topological polar surface area (TPSA) is 272 Å². The summed E-state index contributed by atoms with van der Waals surface area (Å²) in [5, 5.41) is 92.2. The summed E-state index contributed by atoms with van der Waals surface area (Å²) in [6, 6.07) is 5.99. The van der Waals surface area contributed by atoms with E-state index in [9.17, 15) is 55.5 Å². The lowest BCUT2D eigenvalue weighted by Gasteiger charge is -2.44. The van der Waals surface area contributed by atoms with Gasteiger partial charge in [-0.25, -0.2) is 9.59 Å². The van der Waals surface area contributed by atoms with Gasteiger partial charge in [-0.15, -0.1) is 0 Å². The number of fused-ring (bicyclic) bond motifs is 1. The van der Waals surface area contributed by atoms with E-state index in [1.807, 2.05) is 0 Å². The molecule has 0 amide bonds. The maximum absolute atomic E-state index is 13.2. The van der Waals surface area contributed by atoms with Crippen LogP contribution in [0.5, 0.6) is 5.75 Å². The Labute approximate surface area is 273 Å². The molecule has 266 valence electrons. The minimum absolute atomic E-state index is 0.0481. The molecule has 2 saturated heterocycles. The van der Waals surface area contributed by atoms with Gasteiger partial charge in [0.15, 0.2) is 12.4 Å². The fourth-order valence-corrected chi connectivity index (χ4v) is 6.28. The van der Waals surface area contributed by atoms with Crippen molar-refractivity contribution in [3.05, 3.63) is 47.7 Å². The number of phenolic OH excluding ortho intramolecular Hbond substituents is 1. The summed E-state index contributed by atoms with van der Waals surface area (Å²) in [6.07, 6.45) is -10.9. The molecule has 1 aliphatic carbocycles. The standard InChI is InChI=1S/C31H40O17/c1-30(41)9-8-16-17(27(40)46-19-12-45-31(42,13-32)26(39)23(19)36)10-44-28(21(16)30)48-29-25(38)24(37)22(35)18(47-29)11-43-20(34)7-4-14-2-5-15(33)6-3-14/h2-7,10,16,18-19,21-26,28-29,32-33,35-39,41-42H,8-9,11-13H2,1H3/t16-,18-,19-,21-,22-,23-,24+,25-,26+,28+,29+,30+,31-/m1/s1. The Morgan fingerprint density at radius 2 is 1.71 bits per heavy atom. The molecular weight excluding hydrogens is 644 g/mol. The molecule has 9 N–H and O–H groups in total. The largest absolute Gasteiger partial charge is 0.508 e. The molecular formula is C31H40O17. The number of hydrogen-bond donors (Lipinski definition) is 9. The third-order valence-electron chi connectivity index (χ3n) is 9.15. The van der Waals surface area contributed by atoms with Gasteiger partial charge < -0.3 is 74.4 Å². The van der Waals surface area contributed by atoms with Gasteiger partial charge in [-0.2, -0.15) is 0 Å². The van der Waals surface area contributed by atoms with Crippen LogP contribution >= 0.6 is 0 Å². The number of esters is 2. The first kappa shape index (κ1) is 36.1. The van der Waals surface area contributed by atoms with Crippen LogP contribution in [0.1, 0.15) is 25.3 Å². The highest BCUT2D eigenvalue weighted by molar-refractivity contribution is 5.89. The number of aliphatic hydroxyl groups is 8. The number of aromatic hydroxyl groups is 1. The first-order valence-electron chi connectivity index (χ1n) is 15.3. The second kappa shape index (κ2) is 14.3. The summed E-state index contributed by atoms with van der Waals surface area (Å²) < 4.78 is 32.7. The third-order valence-corrected chi connectivity index (χ3v) is 9.15. The van der Waals surface area contributed by atoms with Crippen molar-refractivity contribution in [2.45, 2.75) is 86.5 Å². The monoisotopic (exact) mass is 684 g/mol. The molecule has 3 fully saturated rings. The number of phenols is 1. The minimum atomic E-state index is -2.45. The van der Waals surface area contributed by atoms with Crippen molar-refractivity contribution >= 4 is 18.0 Å². The van der Waals surface area contributed by atoms with Crippen LogP contribution in [0.25, 0.3) is 6.08 Å². The molecule has 0 aromatic heterocycles. The van der Waals surface area contributed by atoms with E-state index in [1.54, 1.807) is 12.1 Å². The van der Waals surface area contributed by atoms with Gasteiger partial charge in [0.2, 0.25) is 12.1 Å². The van der Waals surface area contributed by atoms with Crippen LogP contribution in [-0.2, 0) is 38.0 Å². The lowest BCUT2D eigenvalue weighted by Crippen LogP contribution is -2.63. The van der Waals surface area contributed by atoms with Gasteiger partial charge in [0.05, 0.1) is 36.6 Å². The molecule has 3 aliphatic heterocycles. The minimum Gasteiger partial charge on any atom is -0.508 e. The molecule has 1 saturated carbocycles. The van der Waals surface area contributed by atoms with Gasteiger partial charge >= 0.3 is 11.9 Å². The summed E-state index contributed by atoms with van der Waals surface area (Å²) in [6.45, 7) is -0.633. The van der Waals surface area contributed by atoms with E-state index in [-0.39, 0.29) is 24.2 Å². The van der Waals surface area contributed by atoms with E-state index in [0.29, 0.717) is 5.56 Å². The lowest BCUT2D eigenvalue weighted by atomic mass is 9.81. The molecule has 0 unspecified atom stereocenters. The highest BCUT2D eigenvalue weighted by Gasteiger charge is 2.57. The molecule has 4 aliphatic rings. The fourth-order valence-electron chi connectivity index (χ4n) is 6.28. The average Bonchev–Trinajstić information content (AvgIpc) is 3.39. The SMILES string of the molecule is C[C@]1(O)CC[C@@H]2C(C(=O)O[C@@H]3CO[C@](O)(CO)[C@@H](O)[C@@H]3O)=CO[C@@H](O[C@@H]3O[C@H](COC(=O)C=Cc4ccc(O)cc4)[C@@H](O)[C@H](O)[C@H]3O)[C@@H]21. The van der Waals surface area contributed by atoms with E-state index in [4.69, 9.17) is 28.4 Å². The van der Waals surface area contributed by atoms with Gasteiger partial charge in [0.25, 0.3) is 0 Å². The molecule has 0 radical (unpaired) electrons. The van der Waals surface area contributed by atoms with Crippen LogP contribution < -0.4 is 0 Å². The predicted molar refractivity (Wildman–Crippen MR) is 156 cm³/mol. The van der Waals surface area contributed by atoms with Gasteiger partial charge in [0, 0.05) is 12.0 Å². The Morgan fingerprint density at radius 3 is 2.40 bits per heavy atom. The maximum atomic E-state index is 13.2. The van der Waals surface area contributed by atoms with Crippen LogP contribution in [0.2, 0.25) is 0 Å². The zero-order valence-corrected chi connectivity index (χ0v) is 25.7. The van der Waals surface area contributed by atoms with Crippen molar-refractivity contribution in [1.29, 1.82) is 0 Å². The lowest BCUT2D eigenvalue weighted by molar-refractivity contribution is -0.346. The molecule has 17 nitrogen and oxygen atoms in total. The first-order chi connectivity index (χ1) is 22.6. The highest BCUT2D eigenvalue weighted by atomic mass is 16.8. The summed E-state index contributed by atoms with van der Waals surface area (Å²) in [4.78, 5) is 25.5. The molecule has 1 aromatic rings.